The summed E-state index contributed by atoms with van der Waals surface area (Å²) in [5.41, 5.74) is 5.55. The van der Waals surface area contributed by atoms with Gasteiger partial charge in [0, 0.05) is 19.1 Å². The van der Waals surface area contributed by atoms with E-state index in [1.807, 2.05) is 0 Å². The first-order chi connectivity index (χ1) is 5.31. The highest BCUT2D eigenvalue weighted by Crippen LogP contribution is 2.20. The van der Waals surface area contributed by atoms with Crippen LogP contribution in [0.3, 0.4) is 0 Å². The molecule has 2 heteroatoms. The lowest BCUT2D eigenvalue weighted by molar-refractivity contribution is 0.0532. The van der Waals surface area contributed by atoms with Gasteiger partial charge in [-0.2, -0.15) is 0 Å². The minimum absolute atomic E-state index is 0.788. The number of hydrogen-bond donors (Lipinski definition) is 1. The quantitative estimate of drug-likeness (QED) is 0.659. The average Bonchev–Trinajstić information content (AvgIpc) is 1.95. The molecule has 0 atom stereocenters. The second-order valence-electron chi connectivity index (χ2n) is 3.53. The van der Waals surface area contributed by atoms with Crippen LogP contribution in [0.1, 0.15) is 26.7 Å². The second kappa shape index (κ2) is 4.07. The third-order valence-electron chi connectivity index (χ3n) is 2.78. The molecule has 0 radical (unpaired) electrons. The summed E-state index contributed by atoms with van der Waals surface area (Å²) in [7, 11) is 0. The van der Waals surface area contributed by atoms with E-state index >= 15 is 0 Å². The van der Waals surface area contributed by atoms with Crippen LogP contribution >= 0.6 is 0 Å². The SMILES string of the molecule is CCC(CC)N1CC(CN)C1. The van der Waals surface area contributed by atoms with Gasteiger partial charge in [-0.3, -0.25) is 4.90 Å². The molecule has 1 heterocycles. The molecule has 0 aromatic rings. The molecule has 2 nitrogen and oxygen atoms in total. The van der Waals surface area contributed by atoms with Crippen LogP contribution in [0.25, 0.3) is 0 Å². The fourth-order valence-corrected chi connectivity index (χ4v) is 1.86. The van der Waals surface area contributed by atoms with E-state index < -0.39 is 0 Å². The van der Waals surface area contributed by atoms with E-state index in [1.54, 1.807) is 0 Å². The van der Waals surface area contributed by atoms with Crippen LogP contribution < -0.4 is 5.73 Å². The fourth-order valence-electron chi connectivity index (χ4n) is 1.86. The minimum Gasteiger partial charge on any atom is -0.330 e. The zero-order chi connectivity index (χ0) is 8.27. The van der Waals surface area contributed by atoms with Crippen LogP contribution in [0.5, 0.6) is 0 Å². The molecule has 1 rings (SSSR count). The largest absolute Gasteiger partial charge is 0.330 e. The van der Waals surface area contributed by atoms with Gasteiger partial charge < -0.3 is 5.73 Å². The van der Waals surface area contributed by atoms with Crippen molar-refractivity contribution in [2.24, 2.45) is 11.7 Å². The predicted octanol–water partition coefficient (Wildman–Crippen LogP) is 1.07. The highest BCUT2D eigenvalue weighted by atomic mass is 15.2. The molecule has 2 N–H and O–H groups in total. The maximum absolute atomic E-state index is 5.55. The average molecular weight is 156 g/mol. The molecule has 0 aromatic heterocycles. The molecule has 0 bridgehead atoms. The number of nitrogens with zero attached hydrogens (tertiary/aromatic N) is 1. The molecule has 0 unspecified atom stereocenters. The van der Waals surface area contributed by atoms with E-state index in [1.165, 1.54) is 25.9 Å². The zero-order valence-electron chi connectivity index (χ0n) is 7.71. The summed E-state index contributed by atoms with van der Waals surface area (Å²) in [6.45, 7) is 7.89. The van der Waals surface area contributed by atoms with E-state index in [-0.39, 0.29) is 0 Å². The van der Waals surface area contributed by atoms with E-state index in [4.69, 9.17) is 5.73 Å². The first-order valence-electron chi connectivity index (χ1n) is 4.75. The van der Waals surface area contributed by atoms with Gasteiger partial charge in [0.1, 0.15) is 0 Å². The predicted molar refractivity (Wildman–Crippen MR) is 48.5 cm³/mol. The molecule has 0 aromatic carbocycles. The number of hydrogen-bond acceptors (Lipinski definition) is 2. The first-order valence-corrected chi connectivity index (χ1v) is 4.75. The summed E-state index contributed by atoms with van der Waals surface area (Å²) < 4.78 is 0. The van der Waals surface area contributed by atoms with Crippen molar-refractivity contribution in [3.63, 3.8) is 0 Å². The molecule has 1 aliphatic heterocycles. The maximum Gasteiger partial charge on any atom is 0.00902 e. The summed E-state index contributed by atoms with van der Waals surface area (Å²) in [5.74, 6) is 0.788. The van der Waals surface area contributed by atoms with Gasteiger partial charge in [0.15, 0.2) is 0 Å². The van der Waals surface area contributed by atoms with Crippen LogP contribution in [-0.2, 0) is 0 Å². The third kappa shape index (κ3) is 1.94. The Morgan fingerprint density at radius 2 is 1.91 bits per heavy atom. The Hall–Kier alpha value is -0.0800. The number of rotatable bonds is 4. The molecule has 1 fully saturated rings. The van der Waals surface area contributed by atoms with Crippen molar-refractivity contribution >= 4 is 0 Å². The van der Waals surface area contributed by atoms with Crippen LogP contribution in [0.15, 0.2) is 0 Å². The highest BCUT2D eigenvalue weighted by molar-refractivity contribution is 4.84. The molecule has 11 heavy (non-hydrogen) atoms. The highest BCUT2D eigenvalue weighted by Gasteiger charge is 2.29. The smallest absolute Gasteiger partial charge is 0.00902 e. The summed E-state index contributed by atoms with van der Waals surface area (Å²) in [6.07, 6.45) is 2.57. The van der Waals surface area contributed by atoms with Gasteiger partial charge in [0.25, 0.3) is 0 Å². The Morgan fingerprint density at radius 1 is 1.36 bits per heavy atom. The lowest BCUT2D eigenvalue weighted by Gasteiger charge is -2.43. The lowest BCUT2D eigenvalue weighted by atomic mass is 9.96. The van der Waals surface area contributed by atoms with E-state index in [0.717, 1.165) is 18.5 Å². The van der Waals surface area contributed by atoms with Gasteiger partial charge in [0.05, 0.1) is 0 Å². The van der Waals surface area contributed by atoms with Gasteiger partial charge in [-0.1, -0.05) is 13.8 Å². The van der Waals surface area contributed by atoms with Crippen LogP contribution in [0, 0.1) is 5.92 Å². The Balaban J connectivity index is 2.19. The van der Waals surface area contributed by atoms with Gasteiger partial charge >= 0.3 is 0 Å². The normalized spacial score (nSPS) is 20.7. The molecule has 0 saturated carbocycles. The van der Waals surface area contributed by atoms with Gasteiger partial charge in [-0.25, -0.2) is 0 Å². The van der Waals surface area contributed by atoms with Crippen LogP contribution in [-0.4, -0.2) is 30.6 Å². The molecular weight excluding hydrogens is 136 g/mol. The molecule has 66 valence electrons. The second-order valence-corrected chi connectivity index (χ2v) is 3.53. The summed E-state index contributed by atoms with van der Waals surface area (Å²) >= 11 is 0. The molecule has 1 saturated heterocycles. The van der Waals surface area contributed by atoms with Crippen LogP contribution in [0.4, 0.5) is 0 Å². The van der Waals surface area contributed by atoms with Gasteiger partial charge in [-0.05, 0) is 25.3 Å². The van der Waals surface area contributed by atoms with E-state index in [0.29, 0.717) is 0 Å². The van der Waals surface area contributed by atoms with Crippen molar-refractivity contribution in [2.45, 2.75) is 32.7 Å². The van der Waals surface area contributed by atoms with Crippen LogP contribution in [0.2, 0.25) is 0 Å². The zero-order valence-corrected chi connectivity index (χ0v) is 7.71. The monoisotopic (exact) mass is 156 g/mol. The first kappa shape index (κ1) is 9.01. The summed E-state index contributed by atoms with van der Waals surface area (Å²) in [4.78, 5) is 2.55. The molecule has 1 aliphatic rings. The van der Waals surface area contributed by atoms with Gasteiger partial charge in [0.2, 0.25) is 0 Å². The Kier molecular flexibility index (Phi) is 3.34. The Morgan fingerprint density at radius 3 is 2.27 bits per heavy atom. The van der Waals surface area contributed by atoms with Gasteiger partial charge in [-0.15, -0.1) is 0 Å². The lowest BCUT2D eigenvalue weighted by Crippen LogP contribution is -2.54. The Labute approximate surface area is 69.8 Å². The standard InChI is InChI=1S/C9H20N2/c1-3-9(4-2)11-6-8(5-10)7-11/h8-9H,3-7,10H2,1-2H3. The van der Waals surface area contributed by atoms with Crippen molar-refractivity contribution < 1.29 is 0 Å². The summed E-state index contributed by atoms with van der Waals surface area (Å²) in [5, 5.41) is 0. The minimum atomic E-state index is 0.788. The molecule has 0 amide bonds. The van der Waals surface area contributed by atoms with Crippen molar-refractivity contribution in [3.05, 3.63) is 0 Å². The van der Waals surface area contributed by atoms with Crippen molar-refractivity contribution in [3.8, 4) is 0 Å². The van der Waals surface area contributed by atoms with Crippen molar-refractivity contribution in [1.29, 1.82) is 0 Å². The molecule has 0 aliphatic carbocycles. The summed E-state index contributed by atoms with van der Waals surface area (Å²) in [6, 6.07) is 0.817. The number of nitrogens with two attached hydrogens (primary N) is 1. The van der Waals surface area contributed by atoms with E-state index in [2.05, 4.69) is 18.7 Å². The topological polar surface area (TPSA) is 29.3 Å². The van der Waals surface area contributed by atoms with E-state index in [9.17, 15) is 0 Å². The van der Waals surface area contributed by atoms with Crippen molar-refractivity contribution in [1.82, 2.24) is 4.90 Å². The molecular formula is C9H20N2. The number of likely N-dealkylation sites (tertiary alicyclic amines) is 1. The third-order valence-corrected chi connectivity index (χ3v) is 2.78. The van der Waals surface area contributed by atoms with Crippen molar-refractivity contribution in [2.75, 3.05) is 19.6 Å². The maximum atomic E-state index is 5.55. The Bertz CT molecular complexity index is 104. The fraction of sp³-hybridized carbons (Fsp3) is 1.00. The molecule has 0 spiro atoms.